The Morgan fingerprint density at radius 3 is 2.59 bits per heavy atom. The van der Waals surface area contributed by atoms with Crippen LogP contribution >= 0.6 is 0 Å². The number of nitrogens with zero attached hydrogens (tertiary/aromatic N) is 5. The van der Waals surface area contributed by atoms with Crippen LogP contribution in [0, 0.1) is 5.82 Å². The molecule has 0 spiro atoms. The Balaban J connectivity index is 1.35. The molecule has 0 radical (unpaired) electrons. The highest BCUT2D eigenvalue weighted by atomic mass is 19.1. The zero-order valence-electron chi connectivity index (χ0n) is 20.5. The topological polar surface area (TPSA) is 97.5 Å². The standard InChI is InChI=1S/C27H28FN7O2/c1-19(36)29-11-12-35(26-24-9-10-30-25(24)31-18-32-26)23-4-2-3-20(17-23)27(37)34-15-13-33(14-16-34)22-7-5-21(28)6-8-22/h2-10,17-18H,11-16H2,1H3,(H,29,36)(H,30,31,32). The average molecular weight is 502 g/mol. The molecule has 1 fully saturated rings. The highest BCUT2D eigenvalue weighted by Crippen LogP contribution is 2.30. The number of carbonyl (C=O) groups excluding carboxylic acids is 2. The monoisotopic (exact) mass is 501 g/mol. The van der Waals surface area contributed by atoms with E-state index in [4.69, 9.17) is 0 Å². The summed E-state index contributed by atoms with van der Waals surface area (Å²) in [6.07, 6.45) is 3.30. The van der Waals surface area contributed by atoms with Crippen LogP contribution in [0.1, 0.15) is 17.3 Å². The molecule has 0 atom stereocenters. The van der Waals surface area contributed by atoms with Crippen molar-refractivity contribution in [3.63, 3.8) is 0 Å². The lowest BCUT2D eigenvalue weighted by molar-refractivity contribution is -0.118. The van der Waals surface area contributed by atoms with Crippen molar-refractivity contribution in [2.45, 2.75) is 6.92 Å². The Morgan fingerprint density at radius 2 is 1.84 bits per heavy atom. The molecular formula is C27H28FN7O2. The van der Waals surface area contributed by atoms with Gasteiger partial charge >= 0.3 is 0 Å². The van der Waals surface area contributed by atoms with E-state index in [0.717, 1.165) is 16.8 Å². The maximum atomic E-state index is 13.4. The molecule has 1 aliphatic heterocycles. The summed E-state index contributed by atoms with van der Waals surface area (Å²) in [5, 5.41) is 3.68. The third kappa shape index (κ3) is 5.37. The van der Waals surface area contributed by atoms with Crippen LogP contribution in [0.25, 0.3) is 11.0 Å². The lowest BCUT2D eigenvalue weighted by Crippen LogP contribution is -2.48. The lowest BCUT2D eigenvalue weighted by atomic mass is 10.1. The minimum atomic E-state index is -0.261. The van der Waals surface area contributed by atoms with Crippen LogP contribution in [0.4, 0.5) is 21.6 Å². The van der Waals surface area contributed by atoms with Gasteiger partial charge < -0.3 is 25.0 Å². The van der Waals surface area contributed by atoms with Crippen molar-refractivity contribution in [2.24, 2.45) is 0 Å². The van der Waals surface area contributed by atoms with Crippen molar-refractivity contribution in [3.05, 3.63) is 78.5 Å². The van der Waals surface area contributed by atoms with E-state index in [1.807, 2.05) is 40.1 Å². The van der Waals surface area contributed by atoms with E-state index in [1.54, 1.807) is 18.3 Å². The number of nitrogens with one attached hydrogen (secondary N) is 2. The summed E-state index contributed by atoms with van der Waals surface area (Å²) < 4.78 is 13.3. The zero-order valence-corrected chi connectivity index (χ0v) is 20.5. The van der Waals surface area contributed by atoms with Gasteiger partial charge in [0.1, 0.15) is 23.6 Å². The van der Waals surface area contributed by atoms with Gasteiger partial charge in [-0.3, -0.25) is 9.59 Å². The molecule has 0 saturated carbocycles. The number of benzene rings is 2. The van der Waals surface area contributed by atoms with Gasteiger partial charge in [0.15, 0.2) is 0 Å². The van der Waals surface area contributed by atoms with E-state index in [-0.39, 0.29) is 17.6 Å². The number of fused-ring (bicyclic) bond motifs is 1. The fourth-order valence-corrected chi connectivity index (χ4v) is 4.58. The molecule has 4 aromatic rings. The van der Waals surface area contributed by atoms with Crippen LogP contribution in [-0.2, 0) is 4.79 Å². The number of anilines is 3. The van der Waals surface area contributed by atoms with E-state index in [1.165, 1.54) is 25.4 Å². The van der Waals surface area contributed by atoms with Gasteiger partial charge in [-0.05, 0) is 48.5 Å². The van der Waals surface area contributed by atoms with Crippen molar-refractivity contribution < 1.29 is 14.0 Å². The quantitative estimate of drug-likeness (QED) is 0.403. The third-order valence-corrected chi connectivity index (χ3v) is 6.46. The largest absolute Gasteiger partial charge is 0.368 e. The molecule has 2 aromatic carbocycles. The van der Waals surface area contributed by atoms with E-state index < -0.39 is 0 Å². The number of carbonyl (C=O) groups is 2. The van der Waals surface area contributed by atoms with Gasteiger partial charge in [-0.1, -0.05) is 6.07 Å². The Labute approximate surface area is 213 Å². The third-order valence-electron chi connectivity index (χ3n) is 6.46. The zero-order chi connectivity index (χ0) is 25.8. The van der Waals surface area contributed by atoms with Gasteiger partial charge in [0.05, 0.1) is 5.39 Å². The van der Waals surface area contributed by atoms with E-state index in [0.29, 0.717) is 56.3 Å². The molecule has 0 unspecified atom stereocenters. The molecule has 9 nitrogen and oxygen atoms in total. The predicted octanol–water partition coefficient (Wildman–Crippen LogP) is 3.33. The number of hydrogen-bond acceptors (Lipinski definition) is 6. The lowest BCUT2D eigenvalue weighted by Gasteiger charge is -2.36. The smallest absolute Gasteiger partial charge is 0.254 e. The van der Waals surface area contributed by atoms with Crippen molar-refractivity contribution >= 4 is 40.0 Å². The van der Waals surface area contributed by atoms with Crippen LogP contribution in [0.5, 0.6) is 0 Å². The van der Waals surface area contributed by atoms with Crippen molar-refractivity contribution in [3.8, 4) is 0 Å². The molecule has 2 N–H and O–H groups in total. The Kier molecular flexibility index (Phi) is 6.98. The maximum absolute atomic E-state index is 13.4. The van der Waals surface area contributed by atoms with Gasteiger partial charge in [0, 0.05) is 69.3 Å². The molecule has 1 aliphatic rings. The van der Waals surface area contributed by atoms with Crippen LogP contribution in [0.3, 0.4) is 0 Å². The molecule has 190 valence electrons. The fraction of sp³-hybridized carbons (Fsp3) is 0.259. The van der Waals surface area contributed by atoms with E-state index in [9.17, 15) is 14.0 Å². The summed E-state index contributed by atoms with van der Waals surface area (Å²) in [6, 6.07) is 15.8. The molecule has 0 bridgehead atoms. The molecule has 0 aliphatic carbocycles. The first-order valence-electron chi connectivity index (χ1n) is 12.2. The van der Waals surface area contributed by atoms with Gasteiger partial charge in [-0.15, -0.1) is 0 Å². The first-order chi connectivity index (χ1) is 18.0. The minimum Gasteiger partial charge on any atom is -0.368 e. The molecule has 10 heteroatoms. The summed E-state index contributed by atoms with van der Waals surface area (Å²) in [6.45, 7) is 4.85. The fourth-order valence-electron chi connectivity index (χ4n) is 4.58. The first kappa shape index (κ1) is 24.2. The second kappa shape index (κ2) is 10.7. The summed E-state index contributed by atoms with van der Waals surface area (Å²) in [7, 11) is 0. The molecule has 37 heavy (non-hydrogen) atoms. The van der Waals surface area contributed by atoms with Crippen LogP contribution < -0.4 is 15.1 Å². The van der Waals surface area contributed by atoms with Gasteiger partial charge in [-0.25, -0.2) is 14.4 Å². The number of piperazine rings is 1. The summed E-state index contributed by atoms with van der Waals surface area (Å²) in [5.74, 6) is 0.270. The molecule has 3 heterocycles. The van der Waals surface area contributed by atoms with E-state index in [2.05, 4.69) is 25.2 Å². The highest BCUT2D eigenvalue weighted by molar-refractivity contribution is 5.96. The number of rotatable bonds is 7. The number of aromatic amines is 1. The molecule has 5 rings (SSSR count). The Morgan fingerprint density at radius 1 is 1.05 bits per heavy atom. The van der Waals surface area contributed by atoms with Crippen LogP contribution in [-0.4, -0.2) is 70.9 Å². The van der Waals surface area contributed by atoms with Crippen LogP contribution in [0.2, 0.25) is 0 Å². The van der Waals surface area contributed by atoms with Crippen LogP contribution in [0.15, 0.2) is 67.1 Å². The molecule has 1 saturated heterocycles. The Hall–Kier alpha value is -4.47. The normalized spacial score (nSPS) is 13.6. The highest BCUT2D eigenvalue weighted by Gasteiger charge is 2.24. The maximum Gasteiger partial charge on any atom is 0.254 e. The number of hydrogen-bond donors (Lipinski definition) is 2. The average Bonchev–Trinajstić information content (AvgIpc) is 3.41. The Bertz CT molecular complexity index is 1400. The number of halogens is 1. The van der Waals surface area contributed by atoms with E-state index >= 15 is 0 Å². The molecular weight excluding hydrogens is 473 g/mol. The molecule has 2 amide bonds. The minimum absolute atomic E-state index is 0.0445. The van der Waals surface area contributed by atoms with Gasteiger partial charge in [-0.2, -0.15) is 0 Å². The van der Waals surface area contributed by atoms with Crippen molar-refractivity contribution in [1.82, 2.24) is 25.2 Å². The predicted molar refractivity (Wildman–Crippen MR) is 141 cm³/mol. The number of amides is 2. The van der Waals surface area contributed by atoms with Gasteiger partial charge in [0.2, 0.25) is 5.91 Å². The van der Waals surface area contributed by atoms with Crippen molar-refractivity contribution in [2.75, 3.05) is 49.1 Å². The number of aromatic nitrogens is 3. The molecule has 2 aromatic heterocycles. The van der Waals surface area contributed by atoms with Gasteiger partial charge in [0.25, 0.3) is 5.91 Å². The second-order valence-electron chi connectivity index (χ2n) is 8.88. The number of H-pyrrole nitrogens is 1. The summed E-state index contributed by atoms with van der Waals surface area (Å²) >= 11 is 0. The SMILES string of the molecule is CC(=O)NCCN(c1cccc(C(=O)N2CCN(c3ccc(F)cc3)CC2)c1)c1ncnc2[nH]ccc12. The first-order valence-corrected chi connectivity index (χ1v) is 12.2. The summed E-state index contributed by atoms with van der Waals surface area (Å²) in [5.41, 5.74) is 3.03. The second-order valence-corrected chi connectivity index (χ2v) is 8.88. The van der Waals surface area contributed by atoms with Crippen molar-refractivity contribution in [1.29, 1.82) is 0 Å². The summed E-state index contributed by atoms with van der Waals surface area (Å²) in [4.78, 5) is 42.8.